The smallest absolute Gasteiger partial charge is 0.172 e. The van der Waals surface area contributed by atoms with Gasteiger partial charge in [-0.2, -0.15) is 0 Å². The van der Waals surface area contributed by atoms with Gasteiger partial charge in [-0.05, 0) is 46.5 Å². The minimum Gasteiger partial charge on any atom is -0.503 e. The van der Waals surface area contributed by atoms with Gasteiger partial charge in [0.05, 0.1) is 11.6 Å². The van der Waals surface area contributed by atoms with Gasteiger partial charge in [-0.25, -0.2) is 0 Å². The molecule has 4 heteroatoms. The van der Waals surface area contributed by atoms with Crippen LogP contribution in [0.1, 0.15) is 18.4 Å². The maximum atomic E-state index is 10.2. The fourth-order valence-electron chi connectivity index (χ4n) is 1.32. The van der Waals surface area contributed by atoms with E-state index in [9.17, 15) is 9.90 Å². The summed E-state index contributed by atoms with van der Waals surface area (Å²) in [6.45, 7) is 0. The minimum absolute atomic E-state index is 0.108. The largest absolute Gasteiger partial charge is 0.503 e. The summed E-state index contributed by atoms with van der Waals surface area (Å²) in [7, 11) is 1.51. The van der Waals surface area contributed by atoms with Crippen LogP contribution in [0.25, 0.3) is 0 Å². The van der Waals surface area contributed by atoms with Crippen LogP contribution >= 0.6 is 15.9 Å². The second kappa shape index (κ2) is 5.75. The summed E-state index contributed by atoms with van der Waals surface area (Å²) in [4.78, 5) is 10.2. The number of benzene rings is 1. The van der Waals surface area contributed by atoms with Gasteiger partial charge in [-0.15, -0.1) is 0 Å². The van der Waals surface area contributed by atoms with Crippen molar-refractivity contribution in [3.05, 3.63) is 22.2 Å². The second-order valence-electron chi connectivity index (χ2n) is 3.19. The number of aldehydes is 1. The number of hydrogen-bond acceptors (Lipinski definition) is 3. The Labute approximate surface area is 97.2 Å². The van der Waals surface area contributed by atoms with Crippen LogP contribution in [0.15, 0.2) is 16.6 Å². The van der Waals surface area contributed by atoms with Gasteiger partial charge in [0, 0.05) is 6.42 Å². The monoisotopic (exact) mass is 272 g/mol. The van der Waals surface area contributed by atoms with Gasteiger partial charge in [0.15, 0.2) is 11.5 Å². The topological polar surface area (TPSA) is 46.5 Å². The predicted octanol–water partition coefficient (Wildman–Crippen LogP) is 2.68. The van der Waals surface area contributed by atoms with Crippen molar-refractivity contribution < 1.29 is 14.6 Å². The van der Waals surface area contributed by atoms with E-state index in [1.54, 1.807) is 6.07 Å². The minimum atomic E-state index is 0.108. The number of aryl methyl sites for hydroxylation is 1. The van der Waals surface area contributed by atoms with Gasteiger partial charge in [0.2, 0.25) is 0 Å². The van der Waals surface area contributed by atoms with E-state index in [1.807, 2.05) is 6.07 Å². The molecule has 0 unspecified atom stereocenters. The molecule has 3 nitrogen and oxygen atoms in total. The molecule has 1 aromatic rings. The van der Waals surface area contributed by atoms with Gasteiger partial charge in [-0.3, -0.25) is 0 Å². The Balaban J connectivity index is 2.81. The van der Waals surface area contributed by atoms with Gasteiger partial charge >= 0.3 is 0 Å². The van der Waals surface area contributed by atoms with Gasteiger partial charge in [0.25, 0.3) is 0 Å². The van der Waals surface area contributed by atoms with Crippen molar-refractivity contribution in [3.63, 3.8) is 0 Å². The number of phenolic OH excluding ortho intramolecular Hbond substituents is 1. The van der Waals surface area contributed by atoms with Gasteiger partial charge < -0.3 is 14.6 Å². The lowest BCUT2D eigenvalue weighted by Gasteiger charge is -2.08. The van der Waals surface area contributed by atoms with Crippen molar-refractivity contribution in [2.75, 3.05) is 7.11 Å². The molecular formula is C11H13BrO3. The Kier molecular flexibility index (Phi) is 4.62. The zero-order valence-electron chi connectivity index (χ0n) is 8.50. The summed E-state index contributed by atoms with van der Waals surface area (Å²) in [6, 6.07) is 3.62. The molecule has 0 aromatic heterocycles. The zero-order valence-corrected chi connectivity index (χ0v) is 10.1. The van der Waals surface area contributed by atoms with E-state index in [1.165, 1.54) is 7.11 Å². The fraction of sp³-hybridized carbons (Fsp3) is 0.364. The molecule has 0 fully saturated rings. The molecule has 15 heavy (non-hydrogen) atoms. The third kappa shape index (κ3) is 3.23. The summed E-state index contributed by atoms with van der Waals surface area (Å²) >= 11 is 3.25. The number of hydrogen-bond donors (Lipinski definition) is 1. The van der Waals surface area contributed by atoms with Crippen molar-refractivity contribution in [3.8, 4) is 11.5 Å². The summed E-state index contributed by atoms with van der Waals surface area (Å²) in [5, 5.41) is 9.57. The molecule has 1 aromatic carbocycles. The Morgan fingerprint density at radius 3 is 2.87 bits per heavy atom. The number of phenols is 1. The van der Waals surface area contributed by atoms with E-state index in [4.69, 9.17) is 4.74 Å². The average molecular weight is 273 g/mol. The number of ether oxygens (including phenoxy) is 1. The number of aromatic hydroxyl groups is 1. The molecule has 0 saturated carbocycles. The molecule has 0 aliphatic heterocycles. The summed E-state index contributed by atoms with van der Waals surface area (Å²) in [5.41, 5.74) is 1.04. The molecule has 0 aliphatic carbocycles. The summed E-state index contributed by atoms with van der Waals surface area (Å²) in [5.74, 6) is 0.558. The molecule has 0 aliphatic rings. The van der Waals surface area contributed by atoms with Crippen LogP contribution in [-0.2, 0) is 11.2 Å². The van der Waals surface area contributed by atoms with Crippen LogP contribution < -0.4 is 4.74 Å². The van der Waals surface area contributed by atoms with Crippen molar-refractivity contribution in [1.29, 1.82) is 0 Å². The molecule has 0 saturated heterocycles. The zero-order chi connectivity index (χ0) is 11.3. The van der Waals surface area contributed by atoms with E-state index in [-0.39, 0.29) is 5.75 Å². The first-order valence-corrected chi connectivity index (χ1v) is 5.47. The van der Waals surface area contributed by atoms with E-state index in [0.717, 1.165) is 24.7 Å². The van der Waals surface area contributed by atoms with Crippen LogP contribution in [0, 0.1) is 0 Å². The molecule has 0 radical (unpaired) electrons. The van der Waals surface area contributed by atoms with E-state index in [2.05, 4.69) is 15.9 Å². The second-order valence-corrected chi connectivity index (χ2v) is 4.04. The van der Waals surface area contributed by atoms with Crippen molar-refractivity contribution in [2.24, 2.45) is 0 Å². The highest BCUT2D eigenvalue weighted by atomic mass is 79.9. The Hall–Kier alpha value is -1.03. The maximum Gasteiger partial charge on any atom is 0.172 e. The Morgan fingerprint density at radius 2 is 2.27 bits per heavy atom. The quantitative estimate of drug-likeness (QED) is 0.662. The highest BCUT2D eigenvalue weighted by Gasteiger charge is 2.08. The molecule has 82 valence electrons. The molecule has 1 N–H and O–H groups in total. The molecule has 0 bridgehead atoms. The number of halogens is 1. The van der Waals surface area contributed by atoms with Gasteiger partial charge in [-0.1, -0.05) is 0 Å². The fourth-order valence-corrected chi connectivity index (χ4v) is 1.81. The first-order chi connectivity index (χ1) is 7.19. The van der Waals surface area contributed by atoms with Crippen LogP contribution in [0.2, 0.25) is 0 Å². The Morgan fingerprint density at radius 1 is 1.53 bits per heavy atom. The van der Waals surface area contributed by atoms with Gasteiger partial charge in [0.1, 0.15) is 6.29 Å². The Bertz CT molecular complexity index is 350. The van der Waals surface area contributed by atoms with Crippen molar-refractivity contribution in [2.45, 2.75) is 19.3 Å². The first-order valence-electron chi connectivity index (χ1n) is 4.68. The number of rotatable bonds is 5. The molecule has 0 heterocycles. The normalized spacial score (nSPS) is 10.0. The third-order valence-corrected chi connectivity index (χ3v) is 2.70. The molecular weight excluding hydrogens is 260 g/mol. The van der Waals surface area contributed by atoms with Crippen LogP contribution in [-0.4, -0.2) is 18.5 Å². The van der Waals surface area contributed by atoms with Crippen molar-refractivity contribution in [1.82, 2.24) is 0 Å². The molecule has 0 spiro atoms. The summed E-state index contributed by atoms with van der Waals surface area (Å²) < 4.78 is 5.64. The highest BCUT2D eigenvalue weighted by Crippen LogP contribution is 2.35. The average Bonchev–Trinajstić information content (AvgIpc) is 2.23. The number of unbranched alkanes of at least 4 members (excludes halogenated alkanes) is 1. The lowest BCUT2D eigenvalue weighted by Crippen LogP contribution is -1.90. The number of methoxy groups -OCH3 is 1. The first kappa shape index (κ1) is 12.0. The van der Waals surface area contributed by atoms with Crippen molar-refractivity contribution >= 4 is 22.2 Å². The highest BCUT2D eigenvalue weighted by molar-refractivity contribution is 9.10. The maximum absolute atomic E-state index is 10.2. The van der Waals surface area contributed by atoms with E-state index >= 15 is 0 Å². The number of carbonyl (C=O) groups is 1. The summed E-state index contributed by atoms with van der Waals surface area (Å²) in [6.07, 6.45) is 3.07. The molecule has 1 rings (SSSR count). The van der Waals surface area contributed by atoms with Crippen LogP contribution in [0.4, 0.5) is 0 Å². The van der Waals surface area contributed by atoms with Crippen LogP contribution in [0.3, 0.4) is 0 Å². The van der Waals surface area contributed by atoms with E-state index < -0.39 is 0 Å². The molecule has 0 atom stereocenters. The number of carbonyl (C=O) groups excluding carboxylic acids is 1. The van der Waals surface area contributed by atoms with E-state index in [0.29, 0.717) is 16.6 Å². The van der Waals surface area contributed by atoms with Crippen LogP contribution in [0.5, 0.6) is 11.5 Å². The third-order valence-electron chi connectivity index (χ3n) is 2.10. The lowest BCUT2D eigenvalue weighted by molar-refractivity contribution is -0.107. The standard InChI is InChI=1S/C11H13BrO3/c1-15-10-7-8(4-2-3-5-13)6-9(12)11(10)14/h5-7,14H,2-4H2,1H3. The predicted molar refractivity (Wildman–Crippen MR) is 61.4 cm³/mol. The lowest BCUT2D eigenvalue weighted by atomic mass is 10.1. The molecule has 0 amide bonds. The SMILES string of the molecule is COc1cc(CCCC=O)cc(Br)c1O.